The fraction of sp³-hybridized carbons (Fsp3) is 0.423. The third-order valence-electron chi connectivity index (χ3n) is 6.08. The minimum atomic E-state index is -0.537. The minimum Gasteiger partial charge on any atom is -0.318 e. The third-order valence-corrected chi connectivity index (χ3v) is 6.08. The molecule has 0 radical (unpaired) electrons. The SMILES string of the molecule is CCCCC1(CCCC)c2ccccc2-c2ccc(C(=O)/C(C)=N/OC(C)=O)cc21. The van der Waals surface area contributed by atoms with Crippen molar-refractivity contribution < 1.29 is 14.4 Å². The molecule has 0 atom stereocenters. The number of ketones is 1. The van der Waals surface area contributed by atoms with E-state index >= 15 is 0 Å². The number of oxime groups is 1. The van der Waals surface area contributed by atoms with Crippen molar-refractivity contribution in [1.29, 1.82) is 0 Å². The fourth-order valence-electron chi connectivity index (χ4n) is 4.60. The molecule has 0 N–H and O–H groups in total. The maximum atomic E-state index is 12.9. The van der Waals surface area contributed by atoms with Crippen molar-refractivity contribution in [3.05, 3.63) is 59.2 Å². The predicted octanol–water partition coefficient (Wildman–Crippen LogP) is 6.46. The zero-order valence-corrected chi connectivity index (χ0v) is 18.5. The minimum absolute atomic E-state index is 0.0603. The van der Waals surface area contributed by atoms with Gasteiger partial charge in [0, 0.05) is 17.9 Å². The molecule has 158 valence electrons. The number of carbonyl (C=O) groups excluding carboxylic acids is 2. The first-order valence-electron chi connectivity index (χ1n) is 11.0. The Morgan fingerprint density at radius 2 is 1.53 bits per heavy atom. The van der Waals surface area contributed by atoms with Gasteiger partial charge in [0.2, 0.25) is 5.78 Å². The molecule has 4 nitrogen and oxygen atoms in total. The van der Waals surface area contributed by atoms with Crippen molar-refractivity contribution in [2.24, 2.45) is 5.16 Å². The molecule has 30 heavy (non-hydrogen) atoms. The van der Waals surface area contributed by atoms with E-state index in [1.807, 2.05) is 6.07 Å². The predicted molar refractivity (Wildman–Crippen MR) is 121 cm³/mol. The number of Topliss-reactive ketones (excluding diaryl/α,β-unsaturated/α-hetero) is 1. The molecule has 1 aliphatic carbocycles. The molecule has 0 saturated carbocycles. The third kappa shape index (κ3) is 4.09. The van der Waals surface area contributed by atoms with E-state index in [-0.39, 0.29) is 16.9 Å². The maximum absolute atomic E-state index is 12.9. The van der Waals surface area contributed by atoms with Gasteiger partial charge in [0.25, 0.3) is 0 Å². The second-order valence-corrected chi connectivity index (χ2v) is 8.18. The Morgan fingerprint density at radius 1 is 0.900 bits per heavy atom. The fourth-order valence-corrected chi connectivity index (χ4v) is 4.60. The Hall–Kier alpha value is -2.75. The number of nitrogens with zero attached hydrogens (tertiary/aromatic N) is 1. The van der Waals surface area contributed by atoms with Crippen LogP contribution in [-0.4, -0.2) is 17.5 Å². The summed E-state index contributed by atoms with van der Waals surface area (Å²) >= 11 is 0. The summed E-state index contributed by atoms with van der Waals surface area (Å²) in [6, 6.07) is 14.7. The topological polar surface area (TPSA) is 55.7 Å². The van der Waals surface area contributed by atoms with Crippen LogP contribution in [0.2, 0.25) is 0 Å². The molecule has 0 aliphatic heterocycles. The average Bonchev–Trinajstić information content (AvgIpc) is 3.03. The van der Waals surface area contributed by atoms with Crippen LogP contribution in [0.3, 0.4) is 0 Å². The first-order valence-corrected chi connectivity index (χ1v) is 11.0. The van der Waals surface area contributed by atoms with Gasteiger partial charge in [-0.15, -0.1) is 0 Å². The quantitative estimate of drug-likeness (QED) is 0.208. The first kappa shape index (κ1) is 21.9. The summed E-state index contributed by atoms with van der Waals surface area (Å²) in [5.41, 5.74) is 5.84. The van der Waals surface area contributed by atoms with Gasteiger partial charge in [0.15, 0.2) is 0 Å². The molecule has 0 bridgehead atoms. The van der Waals surface area contributed by atoms with Crippen LogP contribution in [0.15, 0.2) is 47.6 Å². The summed E-state index contributed by atoms with van der Waals surface area (Å²) in [4.78, 5) is 28.6. The van der Waals surface area contributed by atoms with Gasteiger partial charge in [-0.1, -0.05) is 81.1 Å². The van der Waals surface area contributed by atoms with Crippen LogP contribution in [0.4, 0.5) is 0 Å². The Bertz CT molecular complexity index is 966. The summed E-state index contributed by atoms with van der Waals surface area (Å²) in [5, 5.41) is 3.69. The second-order valence-electron chi connectivity index (χ2n) is 8.18. The van der Waals surface area contributed by atoms with Crippen LogP contribution in [0.25, 0.3) is 11.1 Å². The lowest BCUT2D eigenvalue weighted by atomic mass is 9.70. The van der Waals surface area contributed by atoms with E-state index < -0.39 is 5.97 Å². The Kier molecular flexibility index (Phi) is 6.86. The van der Waals surface area contributed by atoms with Gasteiger partial charge in [-0.25, -0.2) is 4.79 Å². The average molecular weight is 406 g/mol. The van der Waals surface area contributed by atoms with Gasteiger partial charge in [0.05, 0.1) is 0 Å². The summed E-state index contributed by atoms with van der Waals surface area (Å²) in [5.74, 6) is -0.750. The normalized spacial score (nSPS) is 14.2. The lowest BCUT2D eigenvalue weighted by Crippen LogP contribution is -2.26. The Balaban J connectivity index is 2.11. The Labute approximate surface area is 179 Å². The van der Waals surface area contributed by atoms with Crippen LogP contribution in [0.5, 0.6) is 0 Å². The number of hydrogen-bond acceptors (Lipinski definition) is 4. The number of fused-ring (bicyclic) bond motifs is 3. The van der Waals surface area contributed by atoms with E-state index in [1.165, 1.54) is 29.2 Å². The van der Waals surface area contributed by atoms with Crippen molar-refractivity contribution in [3.8, 4) is 11.1 Å². The van der Waals surface area contributed by atoms with Gasteiger partial charge in [-0.2, -0.15) is 0 Å². The summed E-state index contributed by atoms with van der Waals surface area (Å²) in [6.07, 6.45) is 6.71. The van der Waals surface area contributed by atoms with Crippen LogP contribution >= 0.6 is 0 Å². The van der Waals surface area contributed by atoms with Gasteiger partial charge in [0.1, 0.15) is 5.71 Å². The number of unbranched alkanes of at least 4 members (excludes halogenated alkanes) is 2. The largest absolute Gasteiger partial charge is 0.331 e. The van der Waals surface area contributed by atoms with E-state index in [4.69, 9.17) is 0 Å². The molecular weight excluding hydrogens is 374 g/mol. The van der Waals surface area contributed by atoms with Gasteiger partial charge >= 0.3 is 5.97 Å². The highest BCUT2D eigenvalue weighted by atomic mass is 16.7. The van der Waals surface area contributed by atoms with E-state index in [1.54, 1.807) is 6.92 Å². The van der Waals surface area contributed by atoms with E-state index in [9.17, 15) is 9.59 Å². The molecular formula is C26H31NO3. The number of carbonyl (C=O) groups is 2. The number of benzene rings is 2. The van der Waals surface area contributed by atoms with Crippen molar-refractivity contribution >= 4 is 17.5 Å². The van der Waals surface area contributed by atoms with Crippen LogP contribution in [-0.2, 0) is 15.0 Å². The van der Waals surface area contributed by atoms with Crippen molar-refractivity contribution in [1.82, 2.24) is 0 Å². The van der Waals surface area contributed by atoms with E-state index in [0.717, 1.165) is 38.5 Å². The molecule has 0 spiro atoms. The molecule has 2 aromatic carbocycles. The highest BCUT2D eigenvalue weighted by Crippen LogP contribution is 2.54. The number of hydrogen-bond donors (Lipinski definition) is 0. The van der Waals surface area contributed by atoms with E-state index in [0.29, 0.717) is 5.56 Å². The van der Waals surface area contributed by atoms with Crippen molar-refractivity contribution in [2.45, 2.75) is 71.6 Å². The standard InChI is InChI=1S/C26H31NO3/c1-5-7-15-26(16-8-6-2)23-12-10-9-11-21(23)22-14-13-20(17-24(22)26)25(29)18(3)27-30-19(4)28/h9-14,17H,5-8,15-16H2,1-4H3/b27-18+. The molecule has 0 unspecified atom stereocenters. The Morgan fingerprint density at radius 3 is 2.17 bits per heavy atom. The van der Waals surface area contributed by atoms with E-state index in [2.05, 4.69) is 60.2 Å². The summed E-state index contributed by atoms with van der Waals surface area (Å²) in [6.45, 7) is 7.30. The maximum Gasteiger partial charge on any atom is 0.331 e. The first-order chi connectivity index (χ1) is 14.4. The lowest BCUT2D eigenvalue weighted by Gasteiger charge is -2.32. The molecule has 0 amide bonds. The molecule has 1 aliphatic rings. The lowest BCUT2D eigenvalue weighted by molar-refractivity contribution is -0.140. The molecule has 0 heterocycles. The highest BCUT2D eigenvalue weighted by Gasteiger charge is 2.42. The van der Waals surface area contributed by atoms with Crippen molar-refractivity contribution in [2.75, 3.05) is 0 Å². The second kappa shape index (κ2) is 9.38. The number of rotatable bonds is 9. The zero-order chi connectivity index (χ0) is 21.7. The van der Waals surface area contributed by atoms with Crippen LogP contribution < -0.4 is 0 Å². The highest BCUT2D eigenvalue weighted by molar-refractivity contribution is 6.45. The molecule has 0 saturated heterocycles. The van der Waals surface area contributed by atoms with Crippen molar-refractivity contribution in [3.63, 3.8) is 0 Å². The molecule has 4 heteroatoms. The van der Waals surface area contributed by atoms with Gasteiger partial charge < -0.3 is 4.84 Å². The monoisotopic (exact) mass is 405 g/mol. The summed E-state index contributed by atoms with van der Waals surface area (Å²) in [7, 11) is 0. The van der Waals surface area contributed by atoms with Crippen LogP contribution in [0, 0.1) is 0 Å². The van der Waals surface area contributed by atoms with Crippen LogP contribution in [0.1, 0.15) is 87.7 Å². The molecule has 0 fully saturated rings. The molecule has 0 aromatic heterocycles. The van der Waals surface area contributed by atoms with Gasteiger partial charge in [-0.05, 0) is 48.1 Å². The smallest absolute Gasteiger partial charge is 0.318 e. The molecule has 2 aromatic rings. The van der Waals surface area contributed by atoms with Gasteiger partial charge in [-0.3, -0.25) is 4.79 Å². The zero-order valence-electron chi connectivity index (χ0n) is 18.5. The summed E-state index contributed by atoms with van der Waals surface area (Å²) < 4.78 is 0. The molecule has 3 rings (SSSR count).